The Kier molecular flexibility index (Phi) is 6.57. The van der Waals surface area contributed by atoms with Crippen molar-refractivity contribution in [2.24, 2.45) is 5.10 Å². The number of methoxy groups -OCH3 is 1. The highest BCUT2D eigenvalue weighted by molar-refractivity contribution is 6.11. The molecule has 0 unspecified atom stereocenters. The first-order chi connectivity index (χ1) is 13.1. The molecule has 0 fully saturated rings. The van der Waals surface area contributed by atoms with E-state index in [2.05, 4.69) is 20.8 Å². The van der Waals surface area contributed by atoms with E-state index in [1.807, 2.05) is 0 Å². The molecule has 9 nitrogen and oxygen atoms in total. The number of aromatic nitrogens is 1. The smallest absolute Gasteiger partial charge is 0.340 e. The molecule has 0 radical (unpaired) electrons. The van der Waals surface area contributed by atoms with E-state index >= 15 is 0 Å². The second-order valence-electron chi connectivity index (χ2n) is 5.10. The third-order valence-corrected chi connectivity index (χ3v) is 3.35. The zero-order valence-corrected chi connectivity index (χ0v) is 14.3. The molecule has 0 bridgehead atoms. The Morgan fingerprint density at radius 2 is 1.89 bits per heavy atom. The van der Waals surface area contributed by atoms with Gasteiger partial charge in [-0.2, -0.15) is 15.6 Å². The van der Waals surface area contributed by atoms with E-state index in [1.54, 1.807) is 48.8 Å². The van der Waals surface area contributed by atoms with Crippen LogP contribution in [0.3, 0.4) is 0 Å². The van der Waals surface area contributed by atoms with Crippen LogP contribution in [0.4, 0.5) is 11.4 Å². The fourth-order valence-corrected chi connectivity index (χ4v) is 2.12. The molecular weight excluding hydrogens is 348 g/mol. The molecule has 0 spiro atoms. The van der Waals surface area contributed by atoms with Crippen molar-refractivity contribution in [1.82, 2.24) is 4.98 Å². The van der Waals surface area contributed by atoms with Gasteiger partial charge in [-0.1, -0.05) is 6.07 Å². The SMILES string of the molecule is COC(=O)c1cccc(NC(=O)Cc2ccncc2)c1NN=C(C#N)C#N. The predicted octanol–water partition coefficient (Wildman–Crippen LogP) is 1.86. The van der Waals surface area contributed by atoms with Gasteiger partial charge in [0.1, 0.15) is 12.1 Å². The fraction of sp³-hybridized carbons (Fsp3) is 0.111. The van der Waals surface area contributed by atoms with Gasteiger partial charge in [-0.25, -0.2) is 4.79 Å². The van der Waals surface area contributed by atoms with E-state index in [0.29, 0.717) is 0 Å². The van der Waals surface area contributed by atoms with Gasteiger partial charge in [-0.3, -0.25) is 15.2 Å². The van der Waals surface area contributed by atoms with Crippen molar-refractivity contribution in [2.75, 3.05) is 17.9 Å². The summed E-state index contributed by atoms with van der Waals surface area (Å²) in [4.78, 5) is 28.2. The topological polar surface area (TPSA) is 140 Å². The maximum Gasteiger partial charge on any atom is 0.340 e. The summed E-state index contributed by atoms with van der Waals surface area (Å²) >= 11 is 0. The van der Waals surface area contributed by atoms with Crippen LogP contribution in [-0.4, -0.2) is 29.7 Å². The summed E-state index contributed by atoms with van der Waals surface area (Å²) < 4.78 is 4.71. The molecule has 0 saturated carbocycles. The summed E-state index contributed by atoms with van der Waals surface area (Å²) in [7, 11) is 1.21. The summed E-state index contributed by atoms with van der Waals surface area (Å²) in [5, 5.41) is 23.9. The molecule has 2 N–H and O–H groups in total. The standard InChI is InChI=1S/C18H14N6O3/c1-27-18(26)14-3-2-4-15(17(14)24-23-13(10-19)11-20)22-16(25)9-12-5-7-21-8-6-12/h2-8,24H,9H2,1H3,(H,22,25). The number of benzene rings is 1. The van der Waals surface area contributed by atoms with Crippen LogP contribution in [0, 0.1) is 22.7 Å². The van der Waals surface area contributed by atoms with E-state index in [0.717, 1.165) is 5.56 Å². The first-order valence-electron chi connectivity index (χ1n) is 7.63. The van der Waals surface area contributed by atoms with Crippen molar-refractivity contribution < 1.29 is 14.3 Å². The van der Waals surface area contributed by atoms with Gasteiger partial charge in [-0.15, -0.1) is 0 Å². The molecule has 0 aliphatic heterocycles. The van der Waals surface area contributed by atoms with E-state index in [1.165, 1.54) is 13.2 Å². The number of rotatable bonds is 6. The summed E-state index contributed by atoms with van der Waals surface area (Å²) in [6.07, 6.45) is 3.25. The molecule has 27 heavy (non-hydrogen) atoms. The van der Waals surface area contributed by atoms with Gasteiger partial charge < -0.3 is 10.1 Å². The number of amides is 1. The molecule has 1 aromatic carbocycles. The normalized spacial score (nSPS) is 9.30. The predicted molar refractivity (Wildman–Crippen MR) is 96.6 cm³/mol. The summed E-state index contributed by atoms with van der Waals surface area (Å²) in [6, 6.07) is 11.2. The Labute approximate surface area is 154 Å². The highest BCUT2D eigenvalue weighted by atomic mass is 16.5. The average molecular weight is 362 g/mol. The lowest BCUT2D eigenvalue weighted by Gasteiger charge is -2.14. The van der Waals surface area contributed by atoms with Crippen molar-refractivity contribution in [3.63, 3.8) is 0 Å². The van der Waals surface area contributed by atoms with Gasteiger partial charge in [0.05, 0.1) is 30.5 Å². The van der Waals surface area contributed by atoms with Crippen molar-refractivity contribution in [1.29, 1.82) is 10.5 Å². The number of anilines is 2. The molecule has 1 aromatic heterocycles. The van der Waals surface area contributed by atoms with Crippen LogP contribution in [0.2, 0.25) is 0 Å². The molecule has 0 aliphatic rings. The lowest BCUT2D eigenvalue weighted by Crippen LogP contribution is -2.17. The lowest BCUT2D eigenvalue weighted by atomic mass is 10.1. The molecule has 2 aromatic rings. The van der Waals surface area contributed by atoms with Crippen LogP contribution < -0.4 is 10.7 Å². The second kappa shape index (κ2) is 9.30. The Bertz CT molecular complexity index is 941. The Morgan fingerprint density at radius 3 is 2.52 bits per heavy atom. The quantitative estimate of drug-likeness (QED) is 0.454. The highest BCUT2D eigenvalue weighted by Crippen LogP contribution is 2.27. The number of nitrogens with one attached hydrogen (secondary N) is 2. The molecule has 1 amide bonds. The van der Waals surface area contributed by atoms with Crippen molar-refractivity contribution in [3.05, 3.63) is 53.9 Å². The zero-order valence-electron chi connectivity index (χ0n) is 14.3. The van der Waals surface area contributed by atoms with Crippen LogP contribution in [0.15, 0.2) is 47.8 Å². The van der Waals surface area contributed by atoms with Crippen molar-refractivity contribution >= 4 is 29.0 Å². The number of nitriles is 2. The van der Waals surface area contributed by atoms with Gasteiger partial charge in [0.25, 0.3) is 0 Å². The molecular formula is C18H14N6O3. The van der Waals surface area contributed by atoms with Gasteiger partial charge in [-0.05, 0) is 29.8 Å². The Hall–Kier alpha value is -4.24. The maximum atomic E-state index is 12.3. The third-order valence-electron chi connectivity index (χ3n) is 3.35. The van der Waals surface area contributed by atoms with Crippen LogP contribution in [0.1, 0.15) is 15.9 Å². The number of nitrogens with zero attached hydrogens (tertiary/aromatic N) is 4. The molecule has 0 atom stereocenters. The molecule has 0 saturated heterocycles. The Balaban J connectivity index is 2.33. The summed E-state index contributed by atoms with van der Waals surface area (Å²) in [5.41, 5.74) is 3.24. The zero-order chi connectivity index (χ0) is 19.6. The fourth-order valence-electron chi connectivity index (χ4n) is 2.12. The summed E-state index contributed by atoms with van der Waals surface area (Å²) in [5.74, 6) is -1.01. The highest BCUT2D eigenvalue weighted by Gasteiger charge is 2.17. The summed E-state index contributed by atoms with van der Waals surface area (Å²) in [6.45, 7) is 0. The minimum Gasteiger partial charge on any atom is -0.465 e. The maximum absolute atomic E-state index is 12.3. The van der Waals surface area contributed by atoms with Crippen LogP contribution in [-0.2, 0) is 16.0 Å². The monoisotopic (exact) mass is 362 g/mol. The number of hydrogen-bond acceptors (Lipinski definition) is 8. The Morgan fingerprint density at radius 1 is 1.19 bits per heavy atom. The number of carbonyl (C=O) groups is 2. The number of hydrazone groups is 1. The molecule has 0 aliphatic carbocycles. The van der Waals surface area contributed by atoms with Crippen molar-refractivity contribution in [3.8, 4) is 12.1 Å². The lowest BCUT2D eigenvalue weighted by molar-refractivity contribution is -0.115. The van der Waals surface area contributed by atoms with Crippen LogP contribution >= 0.6 is 0 Å². The third kappa shape index (κ3) is 5.11. The van der Waals surface area contributed by atoms with Gasteiger partial charge in [0.2, 0.25) is 11.6 Å². The van der Waals surface area contributed by atoms with E-state index in [-0.39, 0.29) is 29.3 Å². The van der Waals surface area contributed by atoms with Gasteiger partial charge in [0, 0.05) is 12.4 Å². The number of para-hydroxylation sites is 1. The second-order valence-corrected chi connectivity index (χ2v) is 5.10. The molecule has 1 heterocycles. The molecule has 9 heteroatoms. The van der Waals surface area contributed by atoms with Crippen LogP contribution in [0.5, 0.6) is 0 Å². The van der Waals surface area contributed by atoms with Gasteiger partial charge >= 0.3 is 5.97 Å². The average Bonchev–Trinajstić information content (AvgIpc) is 2.69. The minimum absolute atomic E-state index is 0.0817. The number of esters is 1. The van der Waals surface area contributed by atoms with Crippen molar-refractivity contribution in [2.45, 2.75) is 6.42 Å². The van der Waals surface area contributed by atoms with E-state index in [9.17, 15) is 9.59 Å². The molecule has 2 rings (SSSR count). The minimum atomic E-state index is -0.673. The number of ether oxygens (including phenoxy) is 1. The largest absolute Gasteiger partial charge is 0.465 e. The first-order valence-corrected chi connectivity index (χ1v) is 7.63. The first kappa shape index (κ1) is 19.1. The molecule has 134 valence electrons. The van der Waals surface area contributed by atoms with Crippen LogP contribution in [0.25, 0.3) is 0 Å². The number of hydrogen-bond donors (Lipinski definition) is 2. The number of carbonyl (C=O) groups excluding carboxylic acids is 2. The number of pyridine rings is 1. The van der Waals surface area contributed by atoms with Gasteiger partial charge in [0.15, 0.2) is 0 Å². The van der Waals surface area contributed by atoms with E-state index < -0.39 is 11.7 Å². The van der Waals surface area contributed by atoms with E-state index in [4.69, 9.17) is 15.3 Å².